The Hall–Kier alpha value is -0.690. The number of carbonyl (C=O) groups is 1. The predicted octanol–water partition coefficient (Wildman–Crippen LogP) is -0.513. The summed E-state index contributed by atoms with van der Waals surface area (Å²) in [6.07, 6.45) is 0.359. The molecule has 0 bridgehead atoms. The van der Waals surface area contributed by atoms with E-state index >= 15 is 0 Å². The average molecular weight is 218 g/mol. The first-order chi connectivity index (χ1) is 7.09. The Balaban J connectivity index is 2.15. The van der Waals surface area contributed by atoms with Gasteiger partial charge in [-0.2, -0.15) is 0 Å². The Labute approximate surface area is 88.9 Å². The summed E-state index contributed by atoms with van der Waals surface area (Å²) in [5, 5.41) is 11.9. The number of rotatable bonds is 5. The summed E-state index contributed by atoms with van der Waals surface area (Å²) < 4.78 is 4.91. The van der Waals surface area contributed by atoms with E-state index in [9.17, 15) is 4.79 Å². The standard InChI is InChI=1S/C9H18N2O4/c1-6(14-7(2)12)11-15-9(13)8-4-3-5-10-8/h6-8,10-12H,3-5H2,1-2H3/t6?,7?,8-/m0/s1. The molecule has 88 valence electrons. The van der Waals surface area contributed by atoms with Crippen LogP contribution in [0.1, 0.15) is 26.7 Å². The van der Waals surface area contributed by atoms with E-state index in [0.29, 0.717) is 0 Å². The fourth-order valence-corrected chi connectivity index (χ4v) is 1.42. The molecule has 0 spiro atoms. The van der Waals surface area contributed by atoms with Crippen molar-refractivity contribution in [3.8, 4) is 0 Å². The van der Waals surface area contributed by atoms with Crippen LogP contribution >= 0.6 is 0 Å². The third-order valence-corrected chi connectivity index (χ3v) is 2.07. The zero-order valence-corrected chi connectivity index (χ0v) is 9.03. The number of hydroxylamine groups is 1. The Morgan fingerprint density at radius 3 is 2.87 bits per heavy atom. The van der Waals surface area contributed by atoms with Crippen molar-refractivity contribution in [2.24, 2.45) is 0 Å². The van der Waals surface area contributed by atoms with Crippen LogP contribution in [0.3, 0.4) is 0 Å². The number of hydrogen-bond donors (Lipinski definition) is 3. The number of hydrogen-bond acceptors (Lipinski definition) is 6. The lowest BCUT2D eigenvalue weighted by Crippen LogP contribution is -2.40. The lowest BCUT2D eigenvalue weighted by molar-refractivity contribution is -0.185. The lowest BCUT2D eigenvalue weighted by atomic mass is 10.2. The number of nitrogens with one attached hydrogen (secondary N) is 2. The van der Waals surface area contributed by atoms with Gasteiger partial charge in [-0.15, -0.1) is 5.48 Å². The molecule has 6 heteroatoms. The molecule has 1 heterocycles. The van der Waals surface area contributed by atoms with Gasteiger partial charge in [-0.25, -0.2) is 4.79 Å². The number of ether oxygens (including phenoxy) is 1. The van der Waals surface area contributed by atoms with Crippen molar-refractivity contribution < 1.29 is 19.5 Å². The molecular formula is C9H18N2O4. The first-order valence-corrected chi connectivity index (χ1v) is 5.12. The second-order valence-corrected chi connectivity index (χ2v) is 3.57. The summed E-state index contributed by atoms with van der Waals surface area (Å²) in [4.78, 5) is 16.2. The largest absolute Gasteiger partial charge is 0.368 e. The number of aliphatic hydroxyl groups excluding tert-OH is 1. The summed E-state index contributed by atoms with van der Waals surface area (Å²) in [6.45, 7) is 3.97. The molecule has 1 rings (SSSR count). The van der Waals surface area contributed by atoms with Crippen LogP contribution in [0.5, 0.6) is 0 Å². The van der Waals surface area contributed by atoms with Crippen LogP contribution in [0.2, 0.25) is 0 Å². The van der Waals surface area contributed by atoms with E-state index in [1.807, 2.05) is 0 Å². The molecule has 0 aliphatic carbocycles. The normalized spacial score (nSPS) is 24.9. The second-order valence-electron chi connectivity index (χ2n) is 3.57. The minimum absolute atomic E-state index is 0.226. The smallest absolute Gasteiger partial charge is 0.341 e. The summed E-state index contributed by atoms with van der Waals surface area (Å²) in [5.41, 5.74) is 2.42. The molecule has 3 atom stereocenters. The van der Waals surface area contributed by atoms with Crippen molar-refractivity contribution in [3.05, 3.63) is 0 Å². The lowest BCUT2D eigenvalue weighted by Gasteiger charge is -2.17. The van der Waals surface area contributed by atoms with Crippen LogP contribution in [-0.2, 0) is 14.4 Å². The third kappa shape index (κ3) is 4.57. The first kappa shape index (κ1) is 12.4. The number of aliphatic hydroxyl groups is 1. The molecule has 0 saturated carbocycles. The van der Waals surface area contributed by atoms with E-state index in [0.717, 1.165) is 19.4 Å². The summed E-state index contributed by atoms with van der Waals surface area (Å²) in [5.74, 6) is -0.339. The van der Waals surface area contributed by atoms with E-state index in [1.165, 1.54) is 6.92 Å². The van der Waals surface area contributed by atoms with Crippen molar-refractivity contribution in [2.45, 2.75) is 45.2 Å². The summed E-state index contributed by atoms with van der Waals surface area (Å²) in [6, 6.07) is -0.226. The summed E-state index contributed by atoms with van der Waals surface area (Å²) >= 11 is 0. The Morgan fingerprint density at radius 2 is 2.33 bits per heavy atom. The van der Waals surface area contributed by atoms with E-state index in [4.69, 9.17) is 14.7 Å². The maximum Gasteiger partial charge on any atom is 0.341 e. The van der Waals surface area contributed by atoms with Gasteiger partial charge in [0.15, 0.2) is 6.29 Å². The quantitative estimate of drug-likeness (QED) is 0.426. The molecule has 0 aromatic rings. The molecule has 1 saturated heterocycles. The fraction of sp³-hybridized carbons (Fsp3) is 0.889. The van der Waals surface area contributed by atoms with Crippen molar-refractivity contribution in [2.75, 3.05) is 6.54 Å². The van der Waals surface area contributed by atoms with Crippen molar-refractivity contribution in [3.63, 3.8) is 0 Å². The van der Waals surface area contributed by atoms with Crippen molar-refractivity contribution in [1.29, 1.82) is 0 Å². The highest BCUT2D eigenvalue weighted by atomic mass is 16.7. The molecular weight excluding hydrogens is 200 g/mol. The van der Waals surface area contributed by atoms with Crippen molar-refractivity contribution in [1.82, 2.24) is 10.8 Å². The van der Waals surface area contributed by atoms with Gasteiger partial charge in [-0.05, 0) is 33.2 Å². The van der Waals surface area contributed by atoms with Crippen LogP contribution in [0.15, 0.2) is 0 Å². The highest BCUT2D eigenvalue weighted by Gasteiger charge is 2.24. The molecule has 0 amide bonds. The van der Waals surface area contributed by atoms with Crippen LogP contribution in [0.4, 0.5) is 0 Å². The molecule has 3 N–H and O–H groups in total. The minimum atomic E-state index is -0.893. The first-order valence-electron chi connectivity index (χ1n) is 5.12. The number of carbonyl (C=O) groups excluding carboxylic acids is 1. The van der Waals surface area contributed by atoms with Crippen LogP contribution < -0.4 is 10.8 Å². The average Bonchev–Trinajstić information content (AvgIpc) is 2.65. The van der Waals surface area contributed by atoms with Gasteiger partial charge < -0.3 is 20.0 Å². The second kappa shape index (κ2) is 6.02. The molecule has 0 radical (unpaired) electrons. The Morgan fingerprint density at radius 1 is 1.60 bits per heavy atom. The molecule has 1 aliphatic rings. The van der Waals surface area contributed by atoms with Gasteiger partial charge in [0.25, 0.3) is 0 Å². The van der Waals surface area contributed by atoms with Crippen molar-refractivity contribution >= 4 is 5.97 Å². The molecule has 0 aromatic heterocycles. The van der Waals surface area contributed by atoms with E-state index in [-0.39, 0.29) is 12.0 Å². The van der Waals surface area contributed by atoms with Gasteiger partial charge in [0.05, 0.1) is 0 Å². The molecule has 6 nitrogen and oxygen atoms in total. The molecule has 1 fully saturated rings. The van der Waals surface area contributed by atoms with Crippen LogP contribution in [0.25, 0.3) is 0 Å². The maximum atomic E-state index is 11.4. The van der Waals surface area contributed by atoms with Gasteiger partial charge in [0, 0.05) is 0 Å². The highest BCUT2D eigenvalue weighted by molar-refractivity contribution is 5.75. The van der Waals surface area contributed by atoms with E-state index in [1.54, 1.807) is 6.92 Å². The molecule has 15 heavy (non-hydrogen) atoms. The SMILES string of the molecule is CC(O)OC(C)NOC(=O)[C@@H]1CCCN1. The van der Waals surface area contributed by atoms with Crippen LogP contribution in [0, 0.1) is 0 Å². The monoisotopic (exact) mass is 218 g/mol. The van der Waals surface area contributed by atoms with E-state index < -0.39 is 12.5 Å². The van der Waals surface area contributed by atoms with Gasteiger partial charge in [0.1, 0.15) is 12.3 Å². The predicted molar refractivity (Wildman–Crippen MR) is 52.5 cm³/mol. The van der Waals surface area contributed by atoms with Gasteiger partial charge >= 0.3 is 5.97 Å². The van der Waals surface area contributed by atoms with Crippen LogP contribution in [-0.4, -0.2) is 36.2 Å². The Kier molecular flexibility index (Phi) is 4.97. The fourth-order valence-electron chi connectivity index (χ4n) is 1.42. The molecule has 1 aliphatic heterocycles. The minimum Gasteiger partial charge on any atom is -0.368 e. The summed E-state index contributed by atoms with van der Waals surface area (Å²) in [7, 11) is 0. The van der Waals surface area contributed by atoms with E-state index in [2.05, 4.69) is 10.8 Å². The third-order valence-electron chi connectivity index (χ3n) is 2.07. The molecule has 0 aromatic carbocycles. The van der Waals surface area contributed by atoms with Gasteiger partial charge in [0.2, 0.25) is 0 Å². The van der Waals surface area contributed by atoms with Gasteiger partial charge in [-0.1, -0.05) is 0 Å². The maximum absolute atomic E-state index is 11.4. The molecule has 2 unspecified atom stereocenters. The van der Waals surface area contributed by atoms with Gasteiger partial charge in [-0.3, -0.25) is 0 Å². The zero-order chi connectivity index (χ0) is 11.3. The Bertz CT molecular complexity index is 204. The zero-order valence-electron chi connectivity index (χ0n) is 9.03. The highest BCUT2D eigenvalue weighted by Crippen LogP contribution is 2.05. The topological polar surface area (TPSA) is 79.8 Å².